The van der Waals surface area contributed by atoms with Gasteiger partial charge in [0, 0.05) is 24.9 Å². The molecule has 6 nitrogen and oxygen atoms in total. The molecule has 2 aromatic heterocycles. The molecule has 1 fully saturated rings. The van der Waals surface area contributed by atoms with E-state index in [0.29, 0.717) is 22.1 Å². The third kappa shape index (κ3) is 4.69. The Kier molecular flexibility index (Phi) is 6.46. The average Bonchev–Trinajstić information content (AvgIpc) is 2.66. The molecule has 0 bridgehead atoms. The lowest BCUT2D eigenvalue weighted by Crippen LogP contribution is -2.42. The highest BCUT2D eigenvalue weighted by Gasteiger charge is 2.38. The maximum Gasteiger partial charge on any atom is 0.256 e. The van der Waals surface area contributed by atoms with E-state index in [2.05, 4.69) is 43.8 Å². The van der Waals surface area contributed by atoms with E-state index in [4.69, 9.17) is 4.43 Å². The first-order chi connectivity index (χ1) is 13.5. The summed E-state index contributed by atoms with van der Waals surface area (Å²) in [7, 11) is -1.73. The first-order valence-corrected chi connectivity index (χ1v) is 14.5. The van der Waals surface area contributed by atoms with Crippen LogP contribution in [0, 0.1) is 5.92 Å². The molecular weight excluding hydrogens is 402 g/mol. The average molecular weight is 436 g/mol. The second-order valence-electron chi connectivity index (χ2n) is 9.58. The van der Waals surface area contributed by atoms with Gasteiger partial charge in [0.25, 0.3) is 5.56 Å². The predicted molar refractivity (Wildman–Crippen MR) is 121 cm³/mol. The Labute approximate surface area is 178 Å². The van der Waals surface area contributed by atoms with E-state index in [1.54, 1.807) is 10.8 Å². The van der Waals surface area contributed by atoms with Crippen LogP contribution in [0.15, 0.2) is 22.2 Å². The van der Waals surface area contributed by atoms with Crippen molar-refractivity contribution in [3.8, 4) is 5.75 Å². The second-order valence-corrected chi connectivity index (χ2v) is 15.2. The number of fused-ring (bicyclic) bond motifs is 1. The molecule has 0 atom stereocenters. The van der Waals surface area contributed by atoms with Gasteiger partial charge in [-0.15, -0.1) is 0 Å². The molecule has 0 saturated heterocycles. The van der Waals surface area contributed by atoms with Crippen molar-refractivity contribution in [2.75, 3.05) is 12.9 Å². The lowest BCUT2D eigenvalue weighted by molar-refractivity contribution is 0.172. The monoisotopic (exact) mass is 435 g/mol. The molecule has 29 heavy (non-hydrogen) atoms. The van der Waals surface area contributed by atoms with Crippen molar-refractivity contribution in [1.29, 1.82) is 0 Å². The van der Waals surface area contributed by atoms with Crippen molar-refractivity contribution in [3.05, 3.63) is 22.6 Å². The lowest BCUT2D eigenvalue weighted by atomic mass is 9.86. The van der Waals surface area contributed by atoms with Crippen LogP contribution < -0.4 is 5.56 Å². The summed E-state index contributed by atoms with van der Waals surface area (Å²) < 4.78 is 8.19. The zero-order valence-corrected chi connectivity index (χ0v) is 20.2. The molecule has 160 valence electrons. The minimum absolute atomic E-state index is 0.0506. The van der Waals surface area contributed by atoms with Gasteiger partial charge >= 0.3 is 0 Å². The van der Waals surface area contributed by atoms with Crippen LogP contribution in [-0.2, 0) is 4.43 Å². The topological polar surface area (TPSA) is 77.2 Å². The summed E-state index contributed by atoms with van der Waals surface area (Å²) in [6.07, 6.45) is 7.43. The minimum atomic E-state index is -1.73. The Morgan fingerprint density at radius 3 is 2.52 bits per heavy atom. The lowest BCUT2D eigenvalue weighted by Gasteiger charge is -2.38. The predicted octanol–water partition coefficient (Wildman–Crippen LogP) is 4.97. The first kappa shape index (κ1) is 22.3. The third-order valence-electron chi connectivity index (χ3n) is 6.60. The first-order valence-electron chi connectivity index (χ1n) is 10.3. The van der Waals surface area contributed by atoms with Gasteiger partial charge in [0.05, 0.1) is 5.39 Å². The van der Waals surface area contributed by atoms with Crippen LogP contribution in [0.25, 0.3) is 11.0 Å². The van der Waals surface area contributed by atoms with Crippen molar-refractivity contribution < 1.29 is 9.53 Å². The number of thioether (sulfide) groups is 1. The van der Waals surface area contributed by atoms with Crippen molar-refractivity contribution >= 4 is 31.1 Å². The number of aromatic hydroxyl groups is 1. The molecule has 1 aliphatic carbocycles. The molecule has 0 aliphatic heterocycles. The highest BCUT2D eigenvalue weighted by molar-refractivity contribution is 7.98. The van der Waals surface area contributed by atoms with E-state index < -0.39 is 8.32 Å². The normalized spacial score (nSPS) is 20.9. The smallest absolute Gasteiger partial charge is 0.256 e. The molecule has 3 rings (SSSR count). The summed E-state index contributed by atoms with van der Waals surface area (Å²) in [6, 6.07) is 1.39. The highest BCUT2D eigenvalue weighted by atomic mass is 32.2. The van der Waals surface area contributed by atoms with Gasteiger partial charge in [0.1, 0.15) is 5.75 Å². The molecule has 2 aromatic rings. The van der Waals surface area contributed by atoms with E-state index in [1.165, 1.54) is 17.8 Å². The van der Waals surface area contributed by atoms with Crippen molar-refractivity contribution in [2.45, 2.75) is 75.8 Å². The summed E-state index contributed by atoms with van der Waals surface area (Å²) in [5, 5.41) is 11.5. The maximum absolute atomic E-state index is 12.7. The number of nitrogens with zero attached hydrogens (tertiary/aromatic N) is 3. The molecule has 1 N–H and O–H groups in total. The summed E-state index contributed by atoms with van der Waals surface area (Å²) in [5.74, 6) is 0.487. The largest absolute Gasteiger partial charge is 0.507 e. The number of pyridine rings is 1. The van der Waals surface area contributed by atoms with Crippen molar-refractivity contribution in [1.82, 2.24) is 14.5 Å². The molecule has 0 amide bonds. The fraction of sp³-hybridized carbons (Fsp3) is 0.667. The molecule has 1 aliphatic rings. The highest BCUT2D eigenvalue weighted by Crippen LogP contribution is 2.39. The molecule has 2 heterocycles. The number of hydrogen-bond acceptors (Lipinski definition) is 6. The number of rotatable bonds is 5. The molecular formula is C21H33N3O3SSi. The van der Waals surface area contributed by atoms with Gasteiger partial charge in [0.2, 0.25) is 0 Å². The van der Waals surface area contributed by atoms with Crippen molar-refractivity contribution in [2.24, 2.45) is 5.92 Å². The van der Waals surface area contributed by atoms with Gasteiger partial charge in [-0.3, -0.25) is 9.36 Å². The molecule has 0 spiro atoms. The van der Waals surface area contributed by atoms with Crippen LogP contribution in [0.3, 0.4) is 0 Å². The van der Waals surface area contributed by atoms with Crippen LogP contribution in [0.1, 0.15) is 52.5 Å². The van der Waals surface area contributed by atoms with Gasteiger partial charge in [-0.2, -0.15) is 0 Å². The van der Waals surface area contributed by atoms with E-state index in [0.717, 1.165) is 32.3 Å². The zero-order chi connectivity index (χ0) is 21.4. The number of hydrogen-bond donors (Lipinski definition) is 1. The van der Waals surface area contributed by atoms with Crippen LogP contribution in [0.2, 0.25) is 18.1 Å². The number of aromatic nitrogens is 3. The second kappa shape index (κ2) is 8.39. The Bertz CT molecular complexity index is 931. The van der Waals surface area contributed by atoms with Gasteiger partial charge in [0.15, 0.2) is 19.1 Å². The maximum atomic E-state index is 12.7. The van der Waals surface area contributed by atoms with Crippen LogP contribution in [-0.4, -0.2) is 40.8 Å². The van der Waals surface area contributed by atoms with Crippen LogP contribution >= 0.6 is 11.8 Å². The Balaban J connectivity index is 1.76. The SMILES string of the molecule is CSc1ncc2c(O)cc(=O)n(C3CCC(CO[Si](C)(C)C(C)(C)C)CC3)c2n1. The van der Waals surface area contributed by atoms with Crippen LogP contribution in [0.5, 0.6) is 5.75 Å². The van der Waals surface area contributed by atoms with Gasteiger partial charge < -0.3 is 9.53 Å². The standard InChI is InChI=1S/C21H33N3O3SSi/c1-21(2,3)29(5,6)27-13-14-7-9-15(10-8-14)24-18(26)11-17(25)16-12-22-20(28-4)23-19(16)24/h11-12,14-15,25H,7-10,13H2,1-6H3. The molecule has 1 saturated carbocycles. The Hall–Kier alpha value is -1.38. The minimum Gasteiger partial charge on any atom is -0.507 e. The molecule has 0 unspecified atom stereocenters. The van der Waals surface area contributed by atoms with E-state index >= 15 is 0 Å². The molecule has 8 heteroatoms. The Morgan fingerprint density at radius 2 is 1.93 bits per heavy atom. The summed E-state index contributed by atoms with van der Waals surface area (Å²) in [6.45, 7) is 12.2. The van der Waals surface area contributed by atoms with E-state index in [-0.39, 0.29) is 22.4 Å². The van der Waals surface area contributed by atoms with E-state index in [1.807, 2.05) is 6.26 Å². The molecule has 0 aromatic carbocycles. The van der Waals surface area contributed by atoms with Crippen molar-refractivity contribution in [3.63, 3.8) is 0 Å². The third-order valence-corrected chi connectivity index (χ3v) is 11.7. The fourth-order valence-corrected chi connectivity index (χ4v) is 5.08. The summed E-state index contributed by atoms with van der Waals surface area (Å²) in [4.78, 5) is 21.5. The fourth-order valence-electron chi connectivity index (χ4n) is 3.65. The summed E-state index contributed by atoms with van der Waals surface area (Å²) >= 11 is 1.43. The van der Waals surface area contributed by atoms with Crippen LogP contribution in [0.4, 0.5) is 0 Å². The van der Waals surface area contributed by atoms with Gasteiger partial charge in [-0.05, 0) is 56.0 Å². The Morgan fingerprint density at radius 1 is 1.28 bits per heavy atom. The quantitative estimate of drug-likeness (QED) is 0.406. The summed E-state index contributed by atoms with van der Waals surface area (Å²) in [5.41, 5.74) is 0.344. The van der Waals surface area contributed by atoms with Gasteiger partial charge in [-0.1, -0.05) is 32.5 Å². The van der Waals surface area contributed by atoms with E-state index in [9.17, 15) is 9.90 Å². The zero-order valence-electron chi connectivity index (χ0n) is 18.4. The van der Waals surface area contributed by atoms with Gasteiger partial charge in [-0.25, -0.2) is 9.97 Å². The molecule has 0 radical (unpaired) electrons.